The number of rotatable bonds is 3. The van der Waals surface area contributed by atoms with Crippen LogP contribution < -0.4 is 5.43 Å². The van der Waals surface area contributed by atoms with Crippen LogP contribution in [-0.4, -0.2) is 11.6 Å². The second-order valence-corrected chi connectivity index (χ2v) is 3.83. The second-order valence-electron chi connectivity index (χ2n) is 3.83. The van der Waals surface area contributed by atoms with Gasteiger partial charge in [0.1, 0.15) is 0 Å². The predicted octanol–water partition coefficient (Wildman–Crippen LogP) is 2.68. The standard InChI is InChI=1S/C14H14N2O/c1-11(12-7-5-6-8-12)15-16-14(17)13-9-3-2-4-10-13/h2-7,9-10H,8H2,1H3,(H,16,17)/b15-11-. The number of amides is 1. The van der Waals surface area contributed by atoms with E-state index in [1.54, 1.807) is 12.1 Å². The van der Waals surface area contributed by atoms with Gasteiger partial charge in [-0.3, -0.25) is 4.79 Å². The Morgan fingerprint density at radius 2 is 2.06 bits per heavy atom. The summed E-state index contributed by atoms with van der Waals surface area (Å²) in [6, 6.07) is 9.05. The summed E-state index contributed by atoms with van der Waals surface area (Å²) in [6.07, 6.45) is 6.95. The molecule has 0 heterocycles. The molecule has 0 radical (unpaired) electrons. The SMILES string of the molecule is C/C(=N/NC(=O)c1ccccc1)C1=CC=CC1. The Hall–Kier alpha value is -2.16. The maximum Gasteiger partial charge on any atom is 0.271 e. The molecule has 1 aliphatic rings. The number of hydrogen-bond donors (Lipinski definition) is 1. The Kier molecular flexibility index (Phi) is 3.50. The van der Waals surface area contributed by atoms with Crippen LogP contribution in [0.1, 0.15) is 23.7 Å². The molecule has 2 rings (SSSR count). The van der Waals surface area contributed by atoms with E-state index >= 15 is 0 Å². The van der Waals surface area contributed by atoms with Gasteiger partial charge in [0, 0.05) is 5.56 Å². The molecule has 0 atom stereocenters. The first-order valence-corrected chi connectivity index (χ1v) is 5.53. The minimum Gasteiger partial charge on any atom is -0.267 e. The van der Waals surface area contributed by atoms with E-state index in [9.17, 15) is 4.79 Å². The van der Waals surface area contributed by atoms with E-state index in [4.69, 9.17) is 0 Å². The minimum atomic E-state index is -0.184. The van der Waals surface area contributed by atoms with Gasteiger partial charge < -0.3 is 0 Å². The largest absolute Gasteiger partial charge is 0.271 e. The van der Waals surface area contributed by atoms with E-state index in [1.807, 2.05) is 37.3 Å². The molecule has 0 aliphatic heterocycles. The molecule has 0 fully saturated rings. The van der Waals surface area contributed by atoms with Crippen molar-refractivity contribution in [2.45, 2.75) is 13.3 Å². The lowest BCUT2D eigenvalue weighted by molar-refractivity contribution is 0.0955. The maximum absolute atomic E-state index is 11.7. The Morgan fingerprint density at radius 3 is 2.71 bits per heavy atom. The summed E-state index contributed by atoms with van der Waals surface area (Å²) in [5, 5.41) is 4.09. The third-order valence-corrected chi connectivity index (χ3v) is 2.60. The number of carbonyl (C=O) groups excluding carboxylic acids is 1. The first-order valence-electron chi connectivity index (χ1n) is 5.53. The average molecular weight is 226 g/mol. The number of hydrogen-bond acceptors (Lipinski definition) is 2. The minimum absolute atomic E-state index is 0.184. The van der Waals surface area contributed by atoms with Gasteiger partial charge in [-0.2, -0.15) is 5.10 Å². The molecular weight excluding hydrogens is 212 g/mol. The molecule has 0 aromatic heterocycles. The summed E-state index contributed by atoms with van der Waals surface area (Å²) in [5.74, 6) is -0.184. The lowest BCUT2D eigenvalue weighted by atomic mass is 10.1. The van der Waals surface area contributed by atoms with Crippen molar-refractivity contribution < 1.29 is 4.79 Å². The van der Waals surface area contributed by atoms with Crippen molar-refractivity contribution in [2.75, 3.05) is 0 Å². The summed E-state index contributed by atoms with van der Waals surface area (Å²) in [5.41, 5.74) is 5.15. The summed E-state index contributed by atoms with van der Waals surface area (Å²) in [7, 11) is 0. The molecule has 3 heteroatoms. The first-order chi connectivity index (χ1) is 8.27. The predicted molar refractivity (Wildman–Crippen MR) is 68.9 cm³/mol. The Labute approximate surface area is 101 Å². The number of carbonyl (C=O) groups is 1. The van der Waals surface area contributed by atoms with E-state index in [0.717, 1.165) is 17.7 Å². The zero-order valence-corrected chi connectivity index (χ0v) is 9.68. The van der Waals surface area contributed by atoms with Crippen molar-refractivity contribution in [2.24, 2.45) is 5.10 Å². The van der Waals surface area contributed by atoms with Gasteiger partial charge in [0.15, 0.2) is 0 Å². The molecule has 1 amide bonds. The normalized spacial score (nSPS) is 14.6. The number of hydrazone groups is 1. The highest BCUT2D eigenvalue weighted by molar-refractivity contribution is 6.01. The van der Waals surface area contributed by atoms with Crippen LogP contribution >= 0.6 is 0 Å². The Balaban J connectivity index is 1.98. The van der Waals surface area contributed by atoms with Gasteiger partial charge in [-0.25, -0.2) is 5.43 Å². The monoisotopic (exact) mass is 226 g/mol. The van der Waals surface area contributed by atoms with E-state index in [-0.39, 0.29) is 5.91 Å². The zero-order chi connectivity index (χ0) is 12.1. The van der Waals surface area contributed by atoms with Gasteiger partial charge in [0.25, 0.3) is 5.91 Å². The summed E-state index contributed by atoms with van der Waals surface area (Å²) in [6.45, 7) is 1.89. The third kappa shape index (κ3) is 2.91. The molecule has 0 saturated carbocycles. The molecule has 0 spiro atoms. The molecule has 86 valence electrons. The van der Waals surface area contributed by atoms with Gasteiger partial charge in [0.2, 0.25) is 0 Å². The van der Waals surface area contributed by atoms with Crippen LogP contribution in [0.25, 0.3) is 0 Å². The molecular formula is C14H14N2O. The lowest BCUT2D eigenvalue weighted by Gasteiger charge is -2.03. The molecule has 0 bridgehead atoms. The highest BCUT2D eigenvalue weighted by Crippen LogP contribution is 2.11. The van der Waals surface area contributed by atoms with Crippen LogP contribution in [0.2, 0.25) is 0 Å². The number of allylic oxidation sites excluding steroid dienone is 4. The van der Waals surface area contributed by atoms with Crippen LogP contribution in [-0.2, 0) is 0 Å². The quantitative estimate of drug-likeness (QED) is 0.624. The van der Waals surface area contributed by atoms with Gasteiger partial charge in [0.05, 0.1) is 5.71 Å². The zero-order valence-electron chi connectivity index (χ0n) is 9.68. The van der Waals surface area contributed by atoms with Crippen molar-refractivity contribution in [3.8, 4) is 0 Å². The smallest absolute Gasteiger partial charge is 0.267 e. The van der Waals surface area contributed by atoms with Crippen LogP contribution in [0.15, 0.2) is 59.2 Å². The van der Waals surface area contributed by atoms with E-state index in [0.29, 0.717) is 5.56 Å². The molecule has 1 N–H and O–H groups in total. The highest BCUT2D eigenvalue weighted by atomic mass is 16.2. The number of benzene rings is 1. The molecule has 1 aromatic rings. The van der Waals surface area contributed by atoms with Crippen LogP contribution in [0, 0.1) is 0 Å². The molecule has 17 heavy (non-hydrogen) atoms. The summed E-state index contributed by atoms with van der Waals surface area (Å²) >= 11 is 0. The van der Waals surface area contributed by atoms with Crippen LogP contribution in [0.3, 0.4) is 0 Å². The van der Waals surface area contributed by atoms with Crippen molar-refractivity contribution in [1.82, 2.24) is 5.43 Å². The van der Waals surface area contributed by atoms with Gasteiger partial charge in [-0.05, 0) is 31.1 Å². The van der Waals surface area contributed by atoms with Crippen molar-refractivity contribution >= 4 is 11.6 Å². The molecule has 0 saturated heterocycles. The molecule has 1 aromatic carbocycles. The van der Waals surface area contributed by atoms with E-state index < -0.39 is 0 Å². The Bertz CT molecular complexity index is 498. The van der Waals surface area contributed by atoms with Crippen LogP contribution in [0.5, 0.6) is 0 Å². The summed E-state index contributed by atoms with van der Waals surface area (Å²) < 4.78 is 0. The fraction of sp³-hybridized carbons (Fsp3) is 0.143. The number of nitrogens with zero attached hydrogens (tertiary/aromatic N) is 1. The fourth-order valence-corrected chi connectivity index (χ4v) is 1.58. The van der Waals surface area contributed by atoms with E-state index in [2.05, 4.69) is 16.6 Å². The second kappa shape index (κ2) is 5.25. The van der Waals surface area contributed by atoms with Crippen LogP contribution in [0.4, 0.5) is 0 Å². The van der Waals surface area contributed by atoms with Crippen molar-refractivity contribution in [3.63, 3.8) is 0 Å². The maximum atomic E-state index is 11.7. The number of nitrogens with one attached hydrogen (secondary N) is 1. The van der Waals surface area contributed by atoms with Gasteiger partial charge in [-0.1, -0.05) is 36.4 Å². The van der Waals surface area contributed by atoms with Crippen molar-refractivity contribution in [3.05, 3.63) is 59.7 Å². The van der Waals surface area contributed by atoms with Gasteiger partial charge in [-0.15, -0.1) is 0 Å². The average Bonchev–Trinajstić information content (AvgIpc) is 2.90. The topological polar surface area (TPSA) is 41.5 Å². The first kappa shape index (κ1) is 11.3. The Morgan fingerprint density at radius 1 is 1.29 bits per heavy atom. The highest BCUT2D eigenvalue weighted by Gasteiger charge is 2.05. The van der Waals surface area contributed by atoms with E-state index in [1.165, 1.54) is 0 Å². The lowest BCUT2D eigenvalue weighted by Crippen LogP contribution is -2.19. The third-order valence-electron chi connectivity index (χ3n) is 2.60. The fourth-order valence-electron chi connectivity index (χ4n) is 1.58. The van der Waals surface area contributed by atoms with Crippen molar-refractivity contribution in [1.29, 1.82) is 0 Å². The molecule has 3 nitrogen and oxygen atoms in total. The molecule has 0 unspecified atom stereocenters. The molecule has 1 aliphatic carbocycles. The van der Waals surface area contributed by atoms with Gasteiger partial charge >= 0.3 is 0 Å². The summed E-state index contributed by atoms with van der Waals surface area (Å²) in [4.78, 5) is 11.7.